The van der Waals surface area contributed by atoms with Crippen LogP contribution in [0.4, 0.5) is 14.6 Å². The Kier molecular flexibility index (Phi) is 6.11. The summed E-state index contributed by atoms with van der Waals surface area (Å²) < 4.78 is 30.0. The molecule has 0 saturated carbocycles. The number of aromatic nitrogens is 5. The lowest BCUT2D eigenvalue weighted by Gasteiger charge is -2.18. The number of nitrogens with zero attached hydrogens (tertiary/aromatic N) is 4. The molecule has 1 aromatic carbocycles. The molecule has 0 radical (unpaired) electrons. The predicted molar refractivity (Wildman–Crippen MR) is 124 cm³/mol. The Morgan fingerprint density at radius 1 is 1.18 bits per heavy atom. The van der Waals surface area contributed by atoms with Gasteiger partial charge in [-0.3, -0.25) is 14.2 Å². The number of benzene rings is 1. The Balaban J connectivity index is 0.00000216. The number of amides is 1. The number of aryl methyl sites for hydroxylation is 1. The molecule has 4 rings (SSSR count). The van der Waals surface area contributed by atoms with E-state index in [4.69, 9.17) is 0 Å². The van der Waals surface area contributed by atoms with E-state index in [0.29, 0.717) is 11.3 Å². The molecule has 0 fully saturated rings. The molecular weight excluding hydrogens is 432 g/mol. The maximum Gasteiger partial charge on any atom is 0.293 e. The summed E-state index contributed by atoms with van der Waals surface area (Å²) in [7, 11) is 0. The van der Waals surface area contributed by atoms with Gasteiger partial charge in [0.25, 0.3) is 11.5 Å². The molecule has 33 heavy (non-hydrogen) atoms. The summed E-state index contributed by atoms with van der Waals surface area (Å²) in [4.78, 5) is 40.3. The normalized spacial score (nSPS) is 11.5. The predicted octanol–water partition coefficient (Wildman–Crippen LogP) is 3.08. The van der Waals surface area contributed by atoms with Gasteiger partial charge in [0.15, 0.2) is 11.5 Å². The van der Waals surface area contributed by atoms with Crippen LogP contribution in [-0.4, -0.2) is 37.0 Å². The summed E-state index contributed by atoms with van der Waals surface area (Å²) in [6.45, 7) is 0.725. The van der Waals surface area contributed by atoms with E-state index in [1.165, 1.54) is 41.4 Å². The molecule has 3 aromatic heterocycles. The minimum atomic E-state index is -3.20. The maximum absolute atomic E-state index is 14.4. The van der Waals surface area contributed by atoms with E-state index in [2.05, 4.69) is 30.6 Å². The highest BCUT2D eigenvalue weighted by molar-refractivity contribution is 5.76. The first kappa shape index (κ1) is 22.1. The molecule has 0 spiro atoms. The van der Waals surface area contributed by atoms with Crippen LogP contribution in [0.1, 0.15) is 21.1 Å². The third kappa shape index (κ3) is 5.03. The Hall–Kier alpha value is -4.15. The molecule has 176 valence electrons. The molecule has 1 amide bonds. The molecule has 0 aliphatic heterocycles. The second-order valence-corrected chi connectivity index (χ2v) is 7.46. The van der Waals surface area contributed by atoms with Crippen LogP contribution in [0.3, 0.4) is 0 Å². The highest BCUT2D eigenvalue weighted by atomic mass is 19.3. The molecule has 4 aromatic rings. The highest BCUT2D eigenvalue weighted by Crippen LogP contribution is 2.27. The smallest absolute Gasteiger partial charge is 0.293 e. The van der Waals surface area contributed by atoms with Crippen LogP contribution in [-0.2, 0) is 23.8 Å². The quantitative estimate of drug-likeness (QED) is 0.373. The highest BCUT2D eigenvalue weighted by Gasteiger charge is 2.31. The number of hydrogen-bond donors (Lipinski definition) is 3. The van der Waals surface area contributed by atoms with Crippen molar-refractivity contribution in [2.45, 2.75) is 25.9 Å². The van der Waals surface area contributed by atoms with Crippen molar-refractivity contribution in [3.63, 3.8) is 0 Å². The number of H-pyrrole nitrogens is 1. The van der Waals surface area contributed by atoms with Crippen LogP contribution in [0.5, 0.6) is 0 Å². The van der Waals surface area contributed by atoms with Crippen LogP contribution in [0.25, 0.3) is 11.2 Å². The first-order chi connectivity index (χ1) is 15.8. The van der Waals surface area contributed by atoms with Gasteiger partial charge < -0.3 is 15.6 Å². The fourth-order valence-electron chi connectivity index (χ4n) is 3.24. The van der Waals surface area contributed by atoms with Gasteiger partial charge >= 0.3 is 0 Å². The Bertz CT molecular complexity index is 1350. The van der Waals surface area contributed by atoms with Crippen LogP contribution >= 0.6 is 0 Å². The van der Waals surface area contributed by atoms with E-state index in [0.717, 1.165) is 11.1 Å². The molecule has 0 aliphatic rings. The molecule has 3 heterocycles. The van der Waals surface area contributed by atoms with E-state index in [1.54, 1.807) is 19.2 Å². The molecular formula is C22H27F2N7O2. The average Bonchev–Trinajstić information content (AvgIpc) is 3.28. The van der Waals surface area contributed by atoms with Gasteiger partial charge in [-0.05, 0) is 18.6 Å². The van der Waals surface area contributed by atoms with Crippen molar-refractivity contribution in [2.75, 3.05) is 11.9 Å². The van der Waals surface area contributed by atoms with Gasteiger partial charge in [0, 0.05) is 34.5 Å². The molecule has 11 heteroatoms. The van der Waals surface area contributed by atoms with Crippen molar-refractivity contribution < 1.29 is 17.9 Å². The SMILES string of the molecule is Cc1cnc(NCC(F)(F)c2ccccc2)c(=O)n1CC(=O)NCc1cnc2nc[nH]c2c1.[HH].[HH].[HH]. The molecule has 9 nitrogen and oxygen atoms in total. The van der Waals surface area contributed by atoms with Gasteiger partial charge in [0.2, 0.25) is 5.91 Å². The summed E-state index contributed by atoms with van der Waals surface area (Å²) in [5.74, 6) is -3.87. The largest absolute Gasteiger partial charge is 0.359 e. The number of alkyl halides is 2. The zero-order chi connectivity index (χ0) is 23.4. The summed E-state index contributed by atoms with van der Waals surface area (Å²) in [6.07, 6.45) is 4.48. The van der Waals surface area contributed by atoms with Crippen molar-refractivity contribution in [3.05, 3.63) is 82.3 Å². The number of aromatic amines is 1. The number of nitrogens with one attached hydrogen (secondary N) is 3. The van der Waals surface area contributed by atoms with Crippen molar-refractivity contribution in [1.29, 1.82) is 0 Å². The van der Waals surface area contributed by atoms with Crippen molar-refractivity contribution in [1.82, 2.24) is 29.8 Å². The van der Waals surface area contributed by atoms with Gasteiger partial charge in [0.05, 0.1) is 18.4 Å². The Morgan fingerprint density at radius 2 is 1.97 bits per heavy atom. The zero-order valence-corrected chi connectivity index (χ0v) is 17.7. The minimum Gasteiger partial charge on any atom is -0.359 e. The van der Waals surface area contributed by atoms with Crippen molar-refractivity contribution in [2.24, 2.45) is 0 Å². The second-order valence-electron chi connectivity index (χ2n) is 7.46. The molecule has 0 saturated heterocycles. The lowest BCUT2D eigenvalue weighted by atomic mass is 10.1. The lowest BCUT2D eigenvalue weighted by molar-refractivity contribution is -0.121. The third-order valence-electron chi connectivity index (χ3n) is 5.05. The average molecular weight is 460 g/mol. The van der Waals surface area contributed by atoms with Crippen molar-refractivity contribution >= 4 is 22.9 Å². The molecule has 0 aliphatic carbocycles. The number of carbonyl (C=O) groups excluding carboxylic acids is 1. The van der Waals surface area contributed by atoms with Crippen LogP contribution < -0.4 is 16.2 Å². The number of imidazole rings is 1. The van der Waals surface area contributed by atoms with Crippen LogP contribution in [0.15, 0.2) is 59.9 Å². The fraction of sp³-hybridized carbons (Fsp3) is 0.227. The van der Waals surface area contributed by atoms with E-state index in [9.17, 15) is 18.4 Å². The van der Waals surface area contributed by atoms with Crippen molar-refractivity contribution in [3.8, 4) is 0 Å². The monoisotopic (exact) mass is 459 g/mol. The van der Waals surface area contributed by atoms with E-state index < -0.39 is 23.9 Å². The number of hydrogen-bond acceptors (Lipinski definition) is 6. The second kappa shape index (κ2) is 9.15. The number of fused-ring (bicyclic) bond motifs is 1. The van der Waals surface area contributed by atoms with Gasteiger partial charge in [-0.25, -0.2) is 15.0 Å². The summed E-state index contributed by atoms with van der Waals surface area (Å²) in [5.41, 5.74) is 1.66. The van der Waals surface area contributed by atoms with E-state index in [1.807, 2.05) is 6.07 Å². The number of rotatable bonds is 8. The van der Waals surface area contributed by atoms with Gasteiger partial charge in [-0.2, -0.15) is 8.78 Å². The topological polar surface area (TPSA) is 118 Å². The first-order valence-corrected chi connectivity index (χ1v) is 10.1. The van der Waals surface area contributed by atoms with Gasteiger partial charge in [0.1, 0.15) is 6.54 Å². The fourth-order valence-corrected chi connectivity index (χ4v) is 3.24. The standard InChI is InChI=1S/C22H21F2N7O2.3H2/c1-14-8-26-20(28-12-22(23,24)16-5-3-2-4-6-16)21(33)31(14)11-18(32)25-9-15-7-17-19(27-10-15)30-13-29-17;;;/h2-8,10,13H,9,11-12H2,1H3,(H,25,32)(H,26,28)(H,27,29,30);3*1H. The van der Waals surface area contributed by atoms with Crippen LogP contribution in [0, 0.1) is 6.92 Å². The maximum atomic E-state index is 14.4. The van der Waals surface area contributed by atoms with Gasteiger partial charge in [-0.1, -0.05) is 30.3 Å². The Labute approximate surface area is 191 Å². The Morgan fingerprint density at radius 3 is 2.76 bits per heavy atom. The summed E-state index contributed by atoms with van der Waals surface area (Å²) in [5, 5.41) is 5.14. The first-order valence-electron chi connectivity index (χ1n) is 10.1. The zero-order valence-electron chi connectivity index (χ0n) is 17.7. The minimum absolute atomic E-state index is 0. The van der Waals surface area contributed by atoms with Crippen LogP contribution in [0.2, 0.25) is 0 Å². The number of anilines is 1. The molecule has 0 atom stereocenters. The van der Waals surface area contributed by atoms with E-state index in [-0.39, 0.29) is 28.8 Å². The third-order valence-corrected chi connectivity index (χ3v) is 5.05. The number of halogens is 2. The summed E-state index contributed by atoms with van der Waals surface area (Å²) in [6, 6.07) is 9.11. The lowest BCUT2D eigenvalue weighted by Crippen LogP contribution is -2.35. The number of carbonyl (C=O) groups is 1. The van der Waals surface area contributed by atoms with E-state index >= 15 is 0 Å². The number of pyridine rings is 1. The molecule has 3 N–H and O–H groups in total. The molecule has 0 unspecified atom stereocenters. The summed E-state index contributed by atoms with van der Waals surface area (Å²) >= 11 is 0. The molecule has 0 bridgehead atoms. The van der Waals surface area contributed by atoms with Gasteiger partial charge in [-0.15, -0.1) is 0 Å².